The monoisotopic (exact) mass is 201 g/mol. The highest BCUT2D eigenvalue weighted by atomic mass is 16.4. The molecular formula is C12H11NO2. The third-order valence-corrected chi connectivity index (χ3v) is 2.34. The molecule has 1 aromatic carbocycles. The number of nitrogens with zero attached hydrogens (tertiary/aromatic N) is 1. The molecule has 0 amide bonds. The van der Waals surface area contributed by atoms with E-state index in [9.17, 15) is 4.79 Å². The number of aryl methyl sites for hydroxylation is 1. The molecule has 1 aromatic heterocycles. The summed E-state index contributed by atoms with van der Waals surface area (Å²) in [4.78, 5) is 10.8. The summed E-state index contributed by atoms with van der Waals surface area (Å²) in [5, 5.41) is 8.89. The maximum absolute atomic E-state index is 10.8. The number of carboxylic acid groups (broad SMARTS) is 1. The number of aromatic carboxylic acids is 1. The summed E-state index contributed by atoms with van der Waals surface area (Å²) in [6, 6.07) is 8.93. The van der Waals surface area contributed by atoms with Gasteiger partial charge in [-0.3, -0.25) is 0 Å². The van der Waals surface area contributed by atoms with Gasteiger partial charge in [-0.1, -0.05) is 6.07 Å². The summed E-state index contributed by atoms with van der Waals surface area (Å²) >= 11 is 0. The molecule has 2 rings (SSSR count). The summed E-state index contributed by atoms with van der Waals surface area (Å²) in [6.45, 7) is 1.96. The molecule has 3 nitrogen and oxygen atoms in total. The van der Waals surface area contributed by atoms with E-state index in [-0.39, 0.29) is 0 Å². The minimum atomic E-state index is -0.900. The Morgan fingerprint density at radius 2 is 1.93 bits per heavy atom. The summed E-state index contributed by atoms with van der Waals surface area (Å²) in [7, 11) is 0. The maximum Gasteiger partial charge on any atom is 0.335 e. The third-order valence-electron chi connectivity index (χ3n) is 2.34. The van der Waals surface area contributed by atoms with Gasteiger partial charge in [0.25, 0.3) is 0 Å². The van der Waals surface area contributed by atoms with Crippen molar-refractivity contribution in [2.75, 3.05) is 0 Å². The van der Waals surface area contributed by atoms with E-state index in [0.29, 0.717) is 5.56 Å². The Balaban J connectivity index is 2.55. The molecule has 0 atom stereocenters. The number of hydrogen-bond donors (Lipinski definition) is 1. The molecule has 1 heterocycles. The van der Waals surface area contributed by atoms with Gasteiger partial charge in [0.15, 0.2) is 0 Å². The molecule has 0 saturated heterocycles. The number of carbonyl (C=O) groups is 1. The fourth-order valence-corrected chi connectivity index (χ4v) is 1.52. The Labute approximate surface area is 87.6 Å². The quantitative estimate of drug-likeness (QED) is 0.811. The van der Waals surface area contributed by atoms with Crippen LogP contribution in [-0.4, -0.2) is 15.6 Å². The van der Waals surface area contributed by atoms with E-state index >= 15 is 0 Å². The Morgan fingerprint density at radius 3 is 2.53 bits per heavy atom. The average Bonchev–Trinajstić information content (AvgIpc) is 2.71. The van der Waals surface area contributed by atoms with Crippen molar-refractivity contribution < 1.29 is 9.90 Å². The molecule has 0 spiro atoms. The normalized spacial score (nSPS) is 10.2. The van der Waals surface area contributed by atoms with Crippen LogP contribution in [0.3, 0.4) is 0 Å². The summed E-state index contributed by atoms with van der Waals surface area (Å²) in [6.07, 6.45) is 3.79. The molecule has 0 unspecified atom stereocenters. The third kappa shape index (κ3) is 1.76. The second-order valence-corrected chi connectivity index (χ2v) is 3.40. The van der Waals surface area contributed by atoms with Crippen molar-refractivity contribution in [3.05, 3.63) is 53.9 Å². The first kappa shape index (κ1) is 9.52. The van der Waals surface area contributed by atoms with Crippen LogP contribution in [0, 0.1) is 6.92 Å². The molecule has 76 valence electrons. The van der Waals surface area contributed by atoms with Gasteiger partial charge in [0.05, 0.1) is 5.56 Å². The Kier molecular flexibility index (Phi) is 2.29. The van der Waals surface area contributed by atoms with Gasteiger partial charge in [0, 0.05) is 18.1 Å². The summed E-state index contributed by atoms with van der Waals surface area (Å²) in [5.74, 6) is -0.900. The van der Waals surface area contributed by atoms with E-state index in [2.05, 4.69) is 0 Å². The largest absolute Gasteiger partial charge is 0.478 e. The lowest BCUT2D eigenvalue weighted by molar-refractivity contribution is 0.0697. The highest BCUT2D eigenvalue weighted by molar-refractivity contribution is 5.88. The first-order chi connectivity index (χ1) is 7.18. The van der Waals surface area contributed by atoms with E-state index in [1.54, 1.807) is 12.1 Å². The standard InChI is InChI=1S/C12H11NO2/c1-9-4-5-10(12(14)15)8-11(9)13-6-2-3-7-13/h2-8H,1H3,(H,14,15). The van der Waals surface area contributed by atoms with Gasteiger partial charge in [0.2, 0.25) is 0 Å². The second kappa shape index (κ2) is 3.61. The lowest BCUT2D eigenvalue weighted by Gasteiger charge is -2.07. The Bertz CT molecular complexity index is 486. The first-order valence-electron chi connectivity index (χ1n) is 4.66. The minimum Gasteiger partial charge on any atom is -0.478 e. The fraction of sp³-hybridized carbons (Fsp3) is 0.0833. The zero-order valence-corrected chi connectivity index (χ0v) is 8.34. The van der Waals surface area contributed by atoms with Gasteiger partial charge in [-0.2, -0.15) is 0 Å². The SMILES string of the molecule is Cc1ccc(C(=O)O)cc1-n1cccc1. The van der Waals surface area contributed by atoms with Crippen molar-refractivity contribution in [1.82, 2.24) is 4.57 Å². The minimum absolute atomic E-state index is 0.310. The van der Waals surface area contributed by atoms with Crippen LogP contribution in [-0.2, 0) is 0 Å². The van der Waals surface area contributed by atoms with Crippen LogP contribution in [0.4, 0.5) is 0 Å². The molecule has 0 radical (unpaired) electrons. The number of rotatable bonds is 2. The molecular weight excluding hydrogens is 190 g/mol. The van der Waals surface area contributed by atoms with Gasteiger partial charge in [-0.15, -0.1) is 0 Å². The molecule has 0 aliphatic carbocycles. The lowest BCUT2D eigenvalue weighted by Crippen LogP contribution is -2.00. The molecule has 0 bridgehead atoms. The number of benzene rings is 1. The molecule has 0 aliphatic rings. The van der Waals surface area contributed by atoms with Crippen LogP contribution < -0.4 is 0 Å². The first-order valence-corrected chi connectivity index (χ1v) is 4.66. The second-order valence-electron chi connectivity index (χ2n) is 3.40. The molecule has 1 N–H and O–H groups in total. The predicted octanol–water partition coefficient (Wildman–Crippen LogP) is 2.48. The van der Waals surface area contributed by atoms with Crippen molar-refractivity contribution in [2.45, 2.75) is 6.92 Å². The highest BCUT2D eigenvalue weighted by Gasteiger charge is 2.06. The van der Waals surface area contributed by atoms with Crippen molar-refractivity contribution in [3.8, 4) is 5.69 Å². The molecule has 0 fully saturated rings. The van der Waals surface area contributed by atoms with Crippen LogP contribution >= 0.6 is 0 Å². The van der Waals surface area contributed by atoms with Crippen LogP contribution in [0.1, 0.15) is 15.9 Å². The Hall–Kier alpha value is -2.03. The van der Waals surface area contributed by atoms with Crippen molar-refractivity contribution in [2.24, 2.45) is 0 Å². The van der Waals surface area contributed by atoms with Crippen molar-refractivity contribution in [3.63, 3.8) is 0 Å². The number of hydrogen-bond acceptors (Lipinski definition) is 1. The zero-order chi connectivity index (χ0) is 10.8. The molecule has 0 aliphatic heterocycles. The molecule has 15 heavy (non-hydrogen) atoms. The van der Waals surface area contributed by atoms with Crippen molar-refractivity contribution in [1.29, 1.82) is 0 Å². The highest BCUT2D eigenvalue weighted by Crippen LogP contribution is 2.16. The Morgan fingerprint density at radius 1 is 1.27 bits per heavy atom. The fourth-order valence-electron chi connectivity index (χ4n) is 1.52. The van der Waals surface area contributed by atoms with Crippen molar-refractivity contribution >= 4 is 5.97 Å². The van der Waals surface area contributed by atoms with Crippen LogP contribution in [0.15, 0.2) is 42.7 Å². The maximum atomic E-state index is 10.8. The smallest absolute Gasteiger partial charge is 0.335 e. The van der Waals surface area contributed by atoms with Crippen LogP contribution in [0.25, 0.3) is 5.69 Å². The van der Waals surface area contributed by atoms with Gasteiger partial charge in [-0.25, -0.2) is 4.79 Å². The van der Waals surface area contributed by atoms with Crippen LogP contribution in [0.2, 0.25) is 0 Å². The summed E-state index contributed by atoms with van der Waals surface area (Å²) < 4.78 is 1.90. The van der Waals surface area contributed by atoms with E-state index < -0.39 is 5.97 Å². The average molecular weight is 201 g/mol. The van der Waals surface area contributed by atoms with Gasteiger partial charge in [0.1, 0.15) is 0 Å². The lowest BCUT2D eigenvalue weighted by atomic mass is 10.1. The predicted molar refractivity (Wildman–Crippen MR) is 57.5 cm³/mol. The molecule has 0 saturated carbocycles. The van der Waals surface area contributed by atoms with Gasteiger partial charge in [-0.05, 0) is 36.8 Å². The molecule has 3 heteroatoms. The van der Waals surface area contributed by atoms with E-state index in [0.717, 1.165) is 11.3 Å². The van der Waals surface area contributed by atoms with Gasteiger partial charge >= 0.3 is 5.97 Å². The molecule has 2 aromatic rings. The number of carboxylic acids is 1. The summed E-state index contributed by atoms with van der Waals surface area (Å²) in [5.41, 5.74) is 2.26. The van der Waals surface area contributed by atoms with Gasteiger partial charge < -0.3 is 9.67 Å². The number of aromatic nitrogens is 1. The van der Waals surface area contributed by atoms with Crippen LogP contribution in [0.5, 0.6) is 0 Å². The van der Waals surface area contributed by atoms with E-state index in [1.807, 2.05) is 42.1 Å². The topological polar surface area (TPSA) is 42.2 Å². The van der Waals surface area contributed by atoms with E-state index in [1.165, 1.54) is 0 Å². The van der Waals surface area contributed by atoms with E-state index in [4.69, 9.17) is 5.11 Å². The zero-order valence-electron chi connectivity index (χ0n) is 8.34.